The molecule has 0 spiro atoms. The number of aliphatic imine (C=N–C) groups is 1. The minimum Gasteiger partial charge on any atom is -0.369 e. The van der Waals surface area contributed by atoms with Crippen LogP contribution in [0.1, 0.15) is 27.8 Å². The Balaban J connectivity index is 3.54. The zero-order chi connectivity index (χ0) is 13.2. The van der Waals surface area contributed by atoms with E-state index in [9.17, 15) is 5.26 Å². The van der Waals surface area contributed by atoms with Gasteiger partial charge in [0.1, 0.15) is 6.07 Å². The molecule has 0 aliphatic rings. The summed E-state index contributed by atoms with van der Waals surface area (Å²) < 4.78 is 0. The van der Waals surface area contributed by atoms with E-state index in [1.807, 2.05) is 32.8 Å². The maximum Gasteiger partial charge on any atom is 0.102 e. The Labute approximate surface area is 103 Å². The van der Waals surface area contributed by atoms with Crippen LogP contribution in [0.3, 0.4) is 0 Å². The molecule has 0 radical (unpaired) electrons. The first-order valence-electron chi connectivity index (χ1n) is 5.61. The van der Waals surface area contributed by atoms with Crippen molar-refractivity contribution in [3.8, 4) is 6.07 Å². The van der Waals surface area contributed by atoms with Crippen LogP contribution in [0.2, 0.25) is 0 Å². The summed E-state index contributed by atoms with van der Waals surface area (Å²) in [6.45, 7) is 8.13. The lowest BCUT2D eigenvalue weighted by Crippen LogP contribution is -2.07. The first-order valence-corrected chi connectivity index (χ1v) is 5.61. The van der Waals surface area contributed by atoms with E-state index in [-0.39, 0.29) is 0 Å². The lowest BCUT2D eigenvalue weighted by atomic mass is 9.93. The summed E-state index contributed by atoms with van der Waals surface area (Å²) >= 11 is 0. The highest BCUT2D eigenvalue weighted by Crippen LogP contribution is 2.32. The van der Waals surface area contributed by atoms with Crippen LogP contribution in [0.5, 0.6) is 0 Å². The quantitative estimate of drug-likeness (QED) is 0.577. The van der Waals surface area contributed by atoms with Crippen molar-refractivity contribution in [1.82, 2.24) is 4.90 Å². The summed E-state index contributed by atoms with van der Waals surface area (Å²) in [5, 5.41) is 9.27. The van der Waals surface area contributed by atoms with Crippen molar-refractivity contribution in [3.05, 3.63) is 27.8 Å². The number of hydrogen-bond donors (Lipinski definition) is 0. The van der Waals surface area contributed by atoms with Gasteiger partial charge in [-0.2, -0.15) is 5.26 Å². The monoisotopic (exact) mass is 229 g/mol. The van der Waals surface area contributed by atoms with E-state index in [0.717, 1.165) is 16.8 Å². The van der Waals surface area contributed by atoms with Gasteiger partial charge in [-0.15, -0.1) is 0 Å². The minimum absolute atomic E-state index is 0.684. The third kappa shape index (κ3) is 2.47. The van der Waals surface area contributed by atoms with Gasteiger partial charge in [0.15, 0.2) is 0 Å². The van der Waals surface area contributed by atoms with Crippen molar-refractivity contribution in [1.29, 1.82) is 5.26 Å². The van der Waals surface area contributed by atoms with Crippen LogP contribution in [-0.4, -0.2) is 25.3 Å². The van der Waals surface area contributed by atoms with Crippen molar-refractivity contribution in [3.63, 3.8) is 0 Å². The lowest BCUT2D eigenvalue weighted by Gasteiger charge is -2.14. The van der Waals surface area contributed by atoms with E-state index >= 15 is 0 Å². The fraction of sp³-hybridized carbons (Fsp3) is 0.429. The predicted molar refractivity (Wildman–Crippen MR) is 71.9 cm³/mol. The van der Waals surface area contributed by atoms with Crippen molar-refractivity contribution in [2.75, 3.05) is 14.1 Å². The summed E-state index contributed by atoms with van der Waals surface area (Å²) in [6, 6.07) is 2.26. The van der Waals surface area contributed by atoms with Gasteiger partial charge in [0.2, 0.25) is 0 Å². The lowest BCUT2D eigenvalue weighted by molar-refractivity contribution is 0.643. The molecule has 0 heterocycles. The Morgan fingerprint density at radius 2 is 1.53 bits per heavy atom. The molecule has 0 bridgehead atoms. The normalized spacial score (nSPS) is 10.6. The van der Waals surface area contributed by atoms with Gasteiger partial charge >= 0.3 is 0 Å². The molecule has 0 N–H and O–H groups in total. The third-order valence-electron chi connectivity index (χ3n) is 3.18. The van der Waals surface area contributed by atoms with Crippen LogP contribution >= 0.6 is 0 Å². The molecule has 0 atom stereocenters. The Bertz CT molecular complexity index is 505. The van der Waals surface area contributed by atoms with Gasteiger partial charge in [-0.3, -0.25) is 0 Å². The van der Waals surface area contributed by atoms with Crippen molar-refractivity contribution in [2.24, 2.45) is 4.99 Å². The zero-order valence-electron chi connectivity index (χ0n) is 11.4. The molecule has 0 aliphatic carbocycles. The molecule has 0 fully saturated rings. The Hall–Kier alpha value is -1.82. The SMILES string of the molecule is Cc1c(C)c(C)c(/N=C/N(C)C)c(C#N)c1C. The molecule has 3 nitrogen and oxygen atoms in total. The molecule has 1 aromatic carbocycles. The topological polar surface area (TPSA) is 39.4 Å². The van der Waals surface area contributed by atoms with E-state index in [1.54, 1.807) is 6.34 Å². The second-order valence-corrected chi connectivity index (χ2v) is 4.54. The first-order chi connectivity index (χ1) is 7.90. The van der Waals surface area contributed by atoms with Gasteiger partial charge in [0.05, 0.1) is 17.6 Å². The number of rotatable bonds is 2. The predicted octanol–water partition coefficient (Wildman–Crippen LogP) is 3.01. The average molecular weight is 229 g/mol. The summed E-state index contributed by atoms with van der Waals surface area (Å²) in [7, 11) is 3.83. The van der Waals surface area contributed by atoms with Gasteiger partial charge in [-0.25, -0.2) is 4.99 Å². The molecule has 1 aromatic rings. The molecule has 0 amide bonds. The zero-order valence-corrected chi connectivity index (χ0v) is 11.4. The number of hydrogen-bond acceptors (Lipinski definition) is 2. The molecular formula is C14H19N3. The molecular weight excluding hydrogens is 210 g/mol. The summed E-state index contributed by atoms with van der Waals surface area (Å²) in [6.07, 6.45) is 1.73. The van der Waals surface area contributed by atoms with Gasteiger partial charge in [-0.05, 0) is 49.9 Å². The molecule has 1 rings (SSSR count). The minimum atomic E-state index is 0.684. The second-order valence-electron chi connectivity index (χ2n) is 4.54. The van der Waals surface area contributed by atoms with Crippen molar-refractivity contribution in [2.45, 2.75) is 27.7 Å². The van der Waals surface area contributed by atoms with Crippen LogP contribution in [0.25, 0.3) is 0 Å². The molecule has 0 saturated heterocycles. The van der Waals surface area contributed by atoms with E-state index in [0.29, 0.717) is 5.56 Å². The molecule has 3 heteroatoms. The Kier molecular flexibility index (Phi) is 3.90. The highest BCUT2D eigenvalue weighted by Gasteiger charge is 2.13. The molecule has 0 unspecified atom stereocenters. The maximum absolute atomic E-state index is 9.27. The average Bonchev–Trinajstić information content (AvgIpc) is 2.29. The van der Waals surface area contributed by atoms with E-state index in [2.05, 4.69) is 24.9 Å². The van der Waals surface area contributed by atoms with E-state index in [4.69, 9.17) is 0 Å². The maximum atomic E-state index is 9.27. The van der Waals surface area contributed by atoms with Gasteiger partial charge in [0, 0.05) is 14.1 Å². The molecule has 90 valence electrons. The first kappa shape index (κ1) is 13.2. The number of nitriles is 1. The third-order valence-corrected chi connectivity index (χ3v) is 3.18. The largest absolute Gasteiger partial charge is 0.369 e. The number of nitrogens with zero attached hydrogens (tertiary/aromatic N) is 3. The van der Waals surface area contributed by atoms with Crippen molar-refractivity contribution < 1.29 is 0 Å². The molecule has 0 aromatic heterocycles. The van der Waals surface area contributed by atoms with Gasteiger partial charge < -0.3 is 4.90 Å². The van der Waals surface area contributed by atoms with Crippen molar-refractivity contribution >= 4 is 12.0 Å². The number of benzene rings is 1. The molecule has 0 saturated carbocycles. The van der Waals surface area contributed by atoms with Crippen LogP contribution in [0, 0.1) is 39.0 Å². The van der Waals surface area contributed by atoms with Crippen LogP contribution in [0.15, 0.2) is 4.99 Å². The Morgan fingerprint density at radius 3 is 2.00 bits per heavy atom. The highest BCUT2D eigenvalue weighted by atomic mass is 15.1. The smallest absolute Gasteiger partial charge is 0.102 e. The summed E-state index contributed by atoms with van der Waals surface area (Å²) in [5.74, 6) is 0. The van der Waals surface area contributed by atoms with Crippen LogP contribution in [-0.2, 0) is 0 Å². The molecule has 17 heavy (non-hydrogen) atoms. The van der Waals surface area contributed by atoms with E-state index < -0.39 is 0 Å². The van der Waals surface area contributed by atoms with Gasteiger partial charge in [-0.1, -0.05) is 0 Å². The fourth-order valence-electron chi connectivity index (χ4n) is 1.76. The summed E-state index contributed by atoms with van der Waals surface area (Å²) in [5.41, 5.74) is 5.99. The second kappa shape index (κ2) is 5.01. The summed E-state index contributed by atoms with van der Waals surface area (Å²) in [4.78, 5) is 6.28. The van der Waals surface area contributed by atoms with Crippen LogP contribution in [0.4, 0.5) is 5.69 Å². The molecule has 0 aliphatic heterocycles. The van der Waals surface area contributed by atoms with E-state index in [1.165, 1.54) is 11.1 Å². The fourth-order valence-corrected chi connectivity index (χ4v) is 1.76. The standard InChI is InChI=1S/C14H19N3/c1-9-10(2)12(4)14(16-8-17(5)6)13(7-15)11(9)3/h8H,1-6H3/b16-8+. The Morgan fingerprint density at radius 1 is 1.00 bits per heavy atom. The highest BCUT2D eigenvalue weighted by molar-refractivity contribution is 5.71. The van der Waals surface area contributed by atoms with Crippen LogP contribution < -0.4 is 0 Å². The van der Waals surface area contributed by atoms with Gasteiger partial charge in [0.25, 0.3) is 0 Å².